The molecule has 7 nitrogen and oxygen atoms in total. The van der Waals surface area contributed by atoms with Crippen molar-refractivity contribution < 1.29 is 69.0 Å². The third-order valence-electron chi connectivity index (χ3n) is 12.6. The van der Waals surface area contributed by atoms with Gasteiger partial charge >= 0.3 is 66.0 Å². The van der Waals surface area contributed by atoms with Gasteiger partial charge in [0.15, 0.2) is 37.9 Å². The van der Waals surface area contributed by atoms with Gasteiger partial charge in [0.2, 0.25) is 0 Å². The van der Waals surface area contributed by atoms with Crippen LogP contribution >= 0.6 is 15.6 Å². The number of nitrogens with zero attached hydrogens (tertiary/aromatic N) is 5. The van der Waals surface area contributed by atoms with Crippen LogP contribution in [0.1, 0.15) is 113 Å². The summed E-state index contributed by atoms with van der Waals surface area (Å²) < 4.78 is 137. The fourth-order valence-corrected chi connectivity index (χ4v) is 8.54. The molecule has 0 aliphatic heterocycles. The van der Waals surface area contributed by atoms with E-state index in [0.717, 1.165) is 37.4 Å². The van der Waals surface area contributed by atoms with Gasteiger partial charge in [-0.15, -0.1) is 17.4 Å². The Morgan fingerprint density at radius 3 is 1.16 bits per heavy atom. The molecule has 3 heterocycles. The van der Waals surface area contributed by atoms with Crippen molar-refractivity contribution in [2.45, 2.75) is 116 Å². The molecule has 21 heteroatoms. The SMILES string of the molecule is C#CCC[n+]1ccc(-c2cc[n+](CCc3cn(CCOCCOc4ccc(C(c5ccc(C(C)(C)C)cc5)(c5ccc(C(C)(C)C)cc5)c5ccc(C(C)(C)C)cc5)cc4)nn3)cc2)cc1.F[P-](F)(F)(F)(F)F.F[P-](F)(F)(F)(F)F. The molecule has 7 rings (SSSR count). The summed E-state index contributed by atoms with van der Waals surface area (Å²) in [4.78, 5) is 0. The fraction of sp³-hybridized carbons (Fsp3) is 0.356. The molecule has 7 aromatic rings. The number of halogens is 12. The summed E-state index contributed by atoms with van der Waals surface area (Å²) in [7, 11) is -21.3. The van der Waals surface area contributed by atoms with Crippen molar-refractivity contribution >= 4 is 15.6 Å². The Morgan fingerprint density at radius 2 is 0.812 bits per heavy atom. The van der Waals surface area contributed by atoms with E-state index in [2.05, 4.69) is 234 Å². The molecule has 436 valence electrons. The van der Waals surface area contributed by atoms with Gasteiger partial charge in [-0.3, -0.25) is 0 Å². The first kappa shape index (κ1) is 64.5. The van der Waals surface area contributed by atoms with Crippen molar-refractivity contribution in [3.63, 3.8) is 0 Å². The second kappa shape index (κ2) is 22.9. The average Bonchev–Trinajstić information content (AvgIpc) is 3.80. The second-order valence-corrected chi connectivity index (χ2v) is 26.3. The maximum atomic E-state index is 9.87. The molecule has 0 spiro atoms. The molecular weight excluding hydrogens is 1100 g/mol. The van der Waals surface area contributed by atoms with Crippen LogP contribution in [0.3, 0.4) is 0 Å². The molecule has 0 saturated carbocycles. The van der Waals surface area contributed by atoms with Crippen LogP contribution in [0.4, 0.5) is 50.4 Å². The molecule has 0 unspecified atom stereocenters. The zero-order chi connectivity index (χ0) is 59.8. The molecular formula is C59H69F12N5O2P2. The normalized spacial score (nSPS) is 14.2. The Labute approximate surface area is 460 Å². The standard InChI is InChI=1S/C59H69N5O2.2F6P/c1-11-12-34-62-35-29-45(30-36-62)46-31-37-63(38-32-46)39-33-54-44-64(61-60-54)40-41-65-42-43-66-55-27-25-53(26-28-55)59(50-19-13-47(14-20-50)56(2,3)4,51-21-15-48(16-22-51)57(5,6)7)52-23-17-49(18-24-52)58(8,9)10;2*1-7(2,3,4,5)6/h1,13-32,35-38,44H,12,33-34,39-43H2,2-10H3;;/q+2;2*-1. The number of pyridine rings is 2. The predicted octanol–water partition coefficient (Wildman–Crippen LogP) is 17.9. The van der Waals surface area contributed by atoms with E-state index in [4.69, 9.17) is 15.9 Å². The van der Waals surface area contributed by atoms with Gasteiger partial charge in [-0.1, -0.05) is 152 Å². The first-order valence-corrected chi connectivity index (χ1v) is 29.6. The van der Waals surface area contributed by atoms with Crippen molar-refractivity contribution in [1.82, 2.24) is 15.0 Å². The maximum absolute atomic E-state index is 10.7. The van der Waals surface area contributed by atoms with Crippen LogP contribution in [0.5, 0.6) is 5.75 Å². The number of terminal acetylenes is 1. The van der Waals surface area contributed by atoms with E-state index in [9.17, 15) is 50.4 Å². The Bertz CT molecular complexity index is 2980. The summed E-state index contributed by atoms with van der Waals surface area (Å²) in [5, 5.41) is 8.75. The van der Waals surface area contributed by atoms with E-state index in [1.807, 2.05) is 10.9 Å². The summed E-state index contributed by atoms with van der Waals surface area (Å²) in [6, 6.07) is 45.1. The molecule has 0 amide bonds. The first-order chi connectivity index (χ1) is 36.4. The van der Waals surface area contributed by atoms with E-state index in [1.54, 1.807) is 0 Å². The van der Waals surface area contributed by atoms with Gasteiger partial charge in [-0.2, -0.15) is 0 Å². The number of aromatic nitrogens is 5. The van der Waals surface area contributed by atoms with E-state index >= 15 is 0 Å². The van der Waals surface area contributed by atoms with Crippen LogP contribution in [-0.4, -0.2) is 34.8 Å². The third-order valence-corrected chi connectivity index (χ3v) is 12.6. The van der Waals surface area contributed by atoms with Gasteiger partial charge in [0.25, 0.3) is 0 Å². The summed E-state index contributed by atoms with van der Waals surface area (Å²) in [5.74, 6) is 3.50. The molecule has 0 radical (unpaired) electrons. The number of hydrogen-bond donors (Lipinski definition) is 0. The number of ether oxygens (including phenoxy) is 2. The summed E-state index contributed by atoms with van der Waals surface area (Å²) in [6.45, 7) is 24.1. The van der Waals surface area contributed by atoms with Crippen molar-refractivity contribution in [2.75, 3.05) is 19.8 Å². The Balaban J connectivity index is 0.000000743. The van der Waals surface area contributed by atoms with E-state index in [0.29, 0.717) is 26.4 Å². The molecule has 4 aromatic carbocycles. The van der Waals surface area contributed by atoms with E-state index in [-0.39, 0.29) is 16.2 Å². The fourth-order valence-electron chi connectivity index (χ4n) is 8.54. The Morgan fingerprint density at radius 1 is 0.475 bits per heavy atom. The van der Waals surface area contributed by atoms with Gasteiger partial charge < -0.3 is 9.47 Å². The van der Waals surface area contributed by atoms with E-state index in [1.165, 1.54) is 50.1 Å². The molecule has 0 atom stereocenters. The zero-order valence-electron chi connectivity index (χ0n) is 46.2. The average molecular weight is 1170 g/mol. The minimum absolute atomic E-state index is 0.0408. The molecule has 0 fully saturated rings. The third kappa shape index (κ3) is 22.3. The van der Waals surface area contributed by atoms with Crippen molar-refractivity contribution in [3.8, 4) is 29.2 Å². The summed E-state index contributed by atoms with van der Waals surface area (Å²) in [6.07, 6.45) is 17.3. The Hall–Kier alpha value is -6.34. The number of benzene rings is 4. The summed E-state index contributed by atoms with van der Waals surface area (Å²) in [5.41, 5.74) is 11.6. The number of hydrogen-bond acceptors (Lipinski definition) is 4. The molecule has 3 aromatic heterocycles. The number of rotatable bonds is 17. The van der Waals surface area contributed by atoms with Crippen LogP contribution in [0.25, 0.3) is 11.1 Å². The molecule has 0 aliphatic rings. The van der Waals surface area contributed by atoms with Gasteiger partial charge in [-0.05, 0) is 78.4 Å². The van der Waals surface area contributed by atoms with Crippen molar-refractivity contribution in [3.05, 3.63) is 197 Å². The van der Waals surface area contributed by atoms with Gasteiger partial charge in [-0.25, -0.2) is 13.8 Å². The van der Waals surface area contributed by atoms with Gasteiger partial charge in [0.05, 0.1) is 43.7 Å². The summed E-state index contributed by atoms with van der Waals surface area (Å²) >= 11 is 0. The quantitative estimate of drug-likeness (QED) is 0.0228. The van der Waals surface area contributed by atoms with Crippen LogP contribution in [0, 0.1) is 12.3 Å². The molecule has 0 aliphatic carbocycles. The topological polar surface area (TPSA) is 56.9 Å². The Kier molecular flexibility index (Phi) is 18.5. The minimum atomic E-state index is -10.7. The van der Waals surface area contributed by atoms with Crippen LogP contribution in [0.2, 0.25) is 0 Å². The van der Waals surface area contributed by atoms with Crippen LogP contribution in [-0.2, 0) is 52.5 Å². The van der Waals surface area contributed by atoms with Crippen LogP contribution in [0.15, 0.2) is 152 Å². The van der Waals surface area contributed by atoms with Crippen LogP contribution < -0.4 is 13.9 Å². The second-order valence-electron chi connectivity index (χ2n) is 22.5. The molecule has 0 saturated heterocycles. The molecule has 80 heavy (non-hydrogen) atoms. The number of aryl methyl sites for hydroxylation is 3. The van der Waals surface area contributed by atoms with Gasteiger partial charge in [0.1, 0.15) is 12.4 Å². The van der Waals surface area contributed by atoms with Gasteiger partial charge in [0, 0.05) is 30.5 Å². The van der Waals surface area contributed by atoms with E-state index < -0.39 is 21.0 Å². The van der Waals surface area contributed by atoms with Crippen molar-refractivity contribution in [2.24, 2.45) is 0 Å². The molecule has 0 N–H and O–H groups in total. The monoisotopic (exact) mass is 1170 g/mol. The molecule has 0 bridgehead atoms. The van der Waals surface area contributed by atoms with Crippen molar-refractivity contribution in [1.29, 1.82) is 0 Å². The predicted molar refractivity (Wildman–Crippen MR) is 294 cm³/mol. The first-order valence-electron chi connectivity index (χ1n) is 25.5. The zero-order valence-corrected chi connectivity index (χ0v) is 47.9.